The van der Waals surface area contributed by atoms with Gasteiger partial charge in [0.05, 0.1) is 12.3 Å². The van der Waals surface area contributed by atoms with Crippen LogP contribution in [0.5, 0.6) is 0 Å². The fraction of sp³-hybridized carbons (Fsp3) is 0.625. The highest BCUT2D eigenvalue weighted by Crippen LogP contribution is 2.25. The summed E-state index contributed by atoms with van der Waals surface area (Å²) in [5.74, 6) is -0.166. The monoisotopic (exact) mass is 282 g/mol. The standard InChI is InChI=1S/C16H27FN2O/c1-6-12(2)19(9-10-20-5)16-8-7-14(11-15(16)17)13(3)18-4/h7-8,11-13,18H,6,9-10H2,1-5H3. The van der Waals surface area contributed by atoms with Crippen molar-refractivity contribution in [2.24, 2.45) is 0 Å². The Bertz CT molecular complexity index is 411. The topological polar surface area (TPSA) is 24.5 Å². The molecule has 0 amide bonds. The molecule has 0 saturated heterocycles. The predicted octanol–water partition coefficient (Wildman–Crippen LogP) is 3.36. The van der Waals surface area contributed by atoms with Crippen molar-refractivity contribution in [1.82, 2.24) is 5.32 Å². The summed E-state index contributed by atoms with van der Waals surface area (Å²) >= 11 is 0. The second-order valence-corrected chi connectivity index (χ2v) is 5.16. The molecular weight excluding hydrogens is 255 g/mol. The number of ether oxygens (including phenoxy) is 1. The van der Waals surface area contributed by atoms with E-state index in [-0.39, 0.29) is 17.9 Å². The summed E-state index contributed by atoms with van der Waals surface area (Å²) in [4.78, 5) is 2.08. The smallest absolute Gasteiger partial charge is 0.146 e. The summed E-state index contributed by atoms with van der Waals surface area (Å²) < 4.78 is 19.5. The number of methoxy groups -OCH3 is 1. The lowest BCUT2D eigenvalue weighted by molar-refractivity contribution is 0.203. The Balaban J connectivity index is 3.01. The molecule has 0 radical (unpaired) electrons. The summed E-state index contributed by atoms with van der Waals surface area (Å²) in [7, 11) is 3.55. The van der Waals surface area contributed by atoms with Gasteiger partial charge < -0.3 is 15.0 Å². The molecule has 0 aliphatic heterocycles. The molecule has 0 fully saturated rings. The molecule has 20 heavy (non-hydrogen) atoms. The predicted molar refractivity (Wildman–Crippen MR) is 82.8 cm³/mol. The molecule has 1 N–H and O–H groups in total. The number of rotatable bonds is 8. The molecule has 0 saturated carbocycles. The van der Waals surface area contributed by atoms with E-state index in [2.05, 4.69) is 24.1 Å². The molecule has 0 aliphatic rings. The van der Waals surface area contributed by atoms with Gasteiger partial charge in [0.1, 0.15) is 5.82 Å². The van der Waals surface area contributed by atoms with Gasteiger partial charge in [0, 0.05) is 25.7 Å². The molecule has 0 spiro atoms. The van der Waals surface area contributed by atoms with Crippen molar-refractivity contribution in [3.63, 3.8) is 0 Å². The van der Waals surface area contributed by atoms with E-state index in [1.807, 2.05) is 26.1 Å². The van der Waals surface area contributed by atoms with E-state index in [0.29, 0.717) is 18.8 Å². The van der Waals surface area contributed by atoms with Crippen LogP contribution in [0, 0.1) is 5.82 Å². The number of hydrogen-bond acceptors (Lipinski definition) is 3. The maximum Gasteiger partial charge on any atom is 0.146 e. The number of hydrogen-bond donors (Lipinski definition) is 1. The lowest BCUT2D eigenvalue weighted by Crippen LogP contribution is -2.36. The van der Waals surface area contributed by atoms with E-state index >= 15 is 0 Å². The summed E-state index contributed by atoms with van der Waals surface area (Å²) in [5, 5.41) is 3.13. The molecule has 1 aromatic rings. The third-order valence-corrected chi connectivity index (χ3v) is 3.87. The maximum absolute atomic E-state index is 14.4. The summed E-state index contributed by atoms with van der Waals surface area (Å²) in [6, 6.07) is 5.92. The average molecular weight is 282 g/mol. The highest BCUT2D eigenvalue weighted by atomic mass is 19.1. The average Bonchev–Trinajstić information content (AvgIpc) is 2.47. The highest BCUT2D eigenvalue weighted by Gasteiger charge is 2.17. The molecule has 0 aromatic heterocycles. The summed E-state index contributed by atoms with van der Waals surface area (Å²) in [5.41, 5.74) is 1.62. The highest BCUT2D eigenvalue weighted by molar-refractivity contribution is 5.50. The van der Waals surface area contributed by atoms with Gasteiger partial charge in [-0.1, -0.05) is 13.0 Å². The van der Waals surface area contributed by atoms with E-state index in [9.17, 15) is 4.39 Å². The minimum atomic E-state index is -0.166. The molecule has 0 aliphatic carbocycles. The van der Waals surface area contributed by atoms with Crippen molar-refractivity contribution in [3.05, 3.63) is 29.6 Å². The molecule has 3 nitrogen and oxygen atoms in total. The number of halogens is 1. The van der Waals surface area contributed by atoms with Crippen molar-refractivity contribution >= 4 is 5.69 Å². The zero-order valence-corrected chi connectivity index (χ0v) is 13.2. The van der Waals surface area contributed by atoms with E-state index in [4.69, 9.17) is 4.74 Å². The van der Waals surface area contributed by atoms with Gasteiger partial charge in [0.15, 0.2) is 0 Å². The van der Waals surface area contributed by atoms with Crippen LogP contribution in [0.1, 0.15) is 38.8 Å². The third kappa shape index (κ3) is 4.18. The van der Waals surface area contributed by atoms with Crippen LogP contribution in [0.25, 0.3) is 0 Å². The van der Waals surface area contributed by atoms with Crippen molar-refractivity contribution < 1.29 is 9.13 Å². The molecule has 4 heteroatoms. The summed E-state index contributed by atoms with van der Waals surface area (Å²) in [6.07, 6.45) is 0.970. The first kappa shape index (κ1) is 16.9. The first-order valence-corrected chi connectivity index (χ1v) is 7.27. The van der Waals surface area contributed by atoms with E-state index in [1.54, 1.807) is 13.2 Å². The Hall–Kier alpha value is -1.13. The number of nitrogens with one attached hydrogen (secondary N) is 1. The van der Waals surface area contributed by atoms with E-state index < -0.39 is 0 Å². The Morgan fingerprint density at radius 1 is 1.35 bits per heavy atom. The number of benzene rings is 1. The van der Waals surface area contributed by atoms with Crippen LogP contribution >= 0.6 is 0 Å². The number of anilines is 1. The van der Waals surface area contributed by atoms with E-state index in [1.165, 1.54) is 0 Å². The molecule has 0 heterocycles. The van der Waals surface area contributed by atoms with Crippen molar-refractivity contribution in [3.8, 4) is 0 Å². The molecule has 2 atom stereocenters. The number of nitrogens with zero attached hydrogens (tertiary/aromatic N) is 1. The van der Waals surface area contributed by atoms with E-state index in [0.717, 1.165) is 12.0 Å². The Morgan fingerprint density at radius 2 is 2.05 bits per heavy atom. The van der Waals surface area contributed by atoms with Gasteiger partial charge in [0.25, 0.3) is 0 Å². The van der Waals surface area contributed by atoms with Crippen LogP contribution in [-0.2, 0) is 4.74 Å². The van der Waals surface area contributed by atoms with Crippen LogP contribution in [0.2, 0.25) is 0 Å². The van der Waals surface area contributed by atoms with Crippen LogP contribution in [-0.4, -0.2) is 33.4 Å². The maximum atomic E-state index is 14.4. The Labute approximate surface area is 122 Å². The third-order valence-electron chi connectivity index (χ3n) is 3.87. The molecule has 0 bridgehead atoms. The molecular formula is C16H27FN2O. The van der Waals surface area contributed by atoms with Crippen LogP contribution in [0.3, 0.4) is 0 Å². The lowest BCUT2D eigenvalue weighted by atomic mass is 10.1. The second kappa shape index (κ2) is 8.22. The van der Waals surface area contributed by atoms with Crippen LogP contribution < -0.4 is 10.2 Å². The lowest BCUT2D eigenvalue weighted by Gasteiger charge is -2.31. The van der Waals surface area contributed by atoms with Gasteiger partial charge in [-0.2, -0.15) is 0 Å². The Morgan fingerprint density at radius 3 is 2.55 bits per heavy atom. The Kier molecular flexibility index (Phi) is 6.96. The molecule has 1 aromatic carbocycles. The molecule has 2 unspecified atom stereocenters. The van der Waals surface area contributed by atoms with Gasteiger partial charge in [-0.15, -0.1) is 0 Å². The van der Waals surface area contributed by atoms with Crippen molar-refractivity contribution in [2.75, 3.05) is 32.2 Å². The fourth-order valence-electron chi connectivity index (χ4n) is 2.18. The minimum absolute atomic E-state index is 0.148. The van der Waals surface area contributed by atoms with Crippen molar-refractivity contribution in [1.29, 1.82) is 0 Å². The van der Waals surface area contributed by atoms with Gasteiger partial charge in [0.2, 0.25) is 0 Å². The summed E-state index contributed by atoms with van der Waals surface area (Å²) in [6.45, 7) is 7.53. The van der Waals surface area contributed by atoms with Gasteiger partial charge in [-0.05, 0) is 45.0 Å². The first-order chi connectivity index (χ1) is 9.54. The zero-order chi connectivity index (χ0) is 15.1. The fourth-order valence-corrected chi connectivity index (χ4v) is 2.18. The largest absolute Gasteiger partial charge is 0.383 e. The quantitative estimate of drug-likeness (QED) is 0.791. The van der Waals surface area contributed by atoms with Crippen LogP contribution in [0.15, 0.2) is 18.2 Å². The normalized spacial score (nSPS) is 14.1. The minimum Gasteiger partial charge on any atom is -0.383 e. The van der Waals surface area contributed by atoms with Gasteiger partial charge >= 0.3 is 0 Å². The SMILES string of the molecule is CCC(C)N(CCOC)c1ccc(C(C)NC)cc1F. The van der Waals surface area contributed by atoms with Gasteiger partial charge in [-0.25, -0.2) is 4.39 Å². The molecule has 1 rings (SSSR count). The zero-order valence-electron chi connectivity index (χ0n) is 13.2. The molecule has 114 valence electrons. The second-order valence-electron chi connectivity index (χ2n) is 5.16. The van der Waals surface area contributed by atoms with Gasteiger partial charge in [-0.3, -0.25) is 0 Å². The first-order valence-electron chi connectivity index (χ1n) is 7.27. The van der Waals surface area contributed by atoms with Crippen LogP contribution in [0.4, 0.5) is 10.1 Å². The van der Waals surface area contributed by atoms with Crippen molar-refractivity contribution in [2.45, 2.75) is 39.3 Å².